The molecule has 80 valence electrons. The monoisotopic (exact) mass is 192 g/mol. The molecule has 0 aromatic carbocycles. The summed E-state index contributed by atoms with van der Waals surface area (Å²) < 4.78 is 0. The van der Waals surface area contributed by atoms with Crippen LogP contribution in [0.25, 0.3) is 0 Å². The van der Waals surface area contributed by atoms with Crippen molar-refractivity contribution in [3.8, 4) is 0 Å². The van der Waals surface area contributed by atoms with E-state index in [1.54, 1.807) is 5.57 Å². The number of hydrogen-bond donors (Lipinski definition) is 0. The van der Waals surface area contributed by atoms with Gasteiger partial charge in [0.2, 0.25) is 0 Å². The lowest BCUT2D eigenvalue weighted by atomic mass is 9.87. The van der Waals surface area contributed by atoms with Crippen molar-refractivity contribution in [3.05, 3.63) is 11.6 Å². The summed E-state index contributed by atoms with van der Waals surface area (Å²) in [5.74, 6) is 2.15. The largest absolute Gasteiger partial charge is 0.0850 e. The normalized spacial score (nSPS) is 29.6. The second-order valence-corrected chi connectivity index (χ2v) is 5.23. The fraction of sp³-hybridized carbons (Fsp3) is 0.857. The molecule has 2 rings (SSSR count). The fourth-order valence-electron chi connectivity index (χ4n) is 3.20. The number of unbranched alkanes of at least 4 members (excludes halogenated alkanes) is 4. The third-order valence-electron chi connectivity index (χ3n) is 4.10. The Bertz CT molecular complexity index is 202. The molecule has 0 aliphatic heterocycles. The van der Waals surface area contributed by atoms with Gasteiger partial charge in [-0.1, -0.05) is 50.7 Å². The van der Waals surface area contributed by atoms with Crippen LogP contribution in [0.1, 0.15) is 64.7 Å². The van der Waals surface area contributed by atoms with Crippen LogP contribution in [-0.4, -0.2) is 0 Å². The molecule has 2 aliphatic carbocycles. The first-order valence-corrected chi connectivity index (χ1v) is 6.58. The molecule has 14 heavy (non-hydrogen) atoms. The Hall–Kier alpha value is -0.260. The Labute approximate surface area is 88.8 Å². The first-order valence-electron chi connectivity index (χ1n) is 6.58. The van der Waals surface area contributed by atoms with Gasteiger partial charge in [-0.05, 0) is 37.5 Å². The zero-order chi connectivity index (χ0) is 9.80. The maximum Gasteiger partial charge on any atom is -0.0286 e. The van der Waals surface area contributed by atoms with Crippen LogP contribution in [-0.2, 0) is 0 Å². The Morgan fingerprint density at radius 2 is 2.00 bits per heavy atom. The molecule has 2 atom stereocenters. The van der Waals surface area contributed by atoms with E-state index in [1.165, 1.54) is 57.8 Å². The van der Waals surface area contributed by atoms with Gasteiger partial charge in [-0.2, -0.15) is 0 Å². The van der Waals surface area contributed by atoms with Crippen LogP contribution in [0.4, 0.5) is 0 Å². The molecule has 0 saturated heterocycles. The van der Waals surface area contributed by atoms with E-state index < -0.39 is 0 Å². The van der Waals surface area contributed by atoms with Crippen LogP contribution in [0.5, 0.6) is 0 Å². The molecule has 2 unspecified atom stereocenters. The smallest absolute Gasteiger partial charge is 0.0286 e. The summed E-state index contributed by atoms with van der Waals surface area (Å²) in [7, 11) is 0. The third-order valence-corrected chi connectivity index (χ3v) is 4.10. The van der Waals surface area contributed by atoms with Gasteiger partial charge in [0.1, 0.15) is 0 Å². The molecule has 0 aromatic heterocycles. The van der Waals surface area contributed by atoms with Crippen molar-refractivity contribution in [2.24, 2.45) is 11.8 Å². The molecule has 2 bridgehead atoms. The predicted molar refractivity (Wildman–Crippen MR) is 62.3 cm³/mol. The quantitative estimate of drug-likeness (QED) is 0.422. The zero-order valence-corrected chi connectivity index (χ0v) is 9.60. The van der Waals surface area contributed by atoms with E-state index in [0.717, 1.165) is 11.8 Å². The average Bonchev–Trinajstić information content (AvgIpc) is 2.79. The van der Waals surface area contributed by atoms with Crippen molar-refractivity contribution in [3.63, 3.8) is 0 Å². The SMILES string of the molecule is CCCCCCCC1CC2=CCC1C2. The third kappa shape index (κ3) is 2.40. The lowest BCUT2D eigenvalue weighted by molar-refractivity contribution is 0.351. The minimum Gasteiger partial charge on any atom is -0.0850 e. The van der Waals surface area contributed by atoms with Gasteiger partial charge in [0, 0.05) is 0 Å². The molecule has 0 heterocycles. The predicted octanol–water partition coefficient (Wildman–Crippen LogP) is 4.70. The minimum atomic E-state index is 1.07. The van der Waals surface area contributed by atoms with Crippen molar-refractivity contribution in [2.75, 3.05) is 0 Å². The molecule has 0 radical (unpaired) electrons. The summed E-state index contributed by atoms with van der Waals surface area (Å²) in [6.45, 7) is 2.29. The first-order chi connectivity index (χ1) is 6.90. The number of rotatable bonds is 6. The Balaban J connectivity index is 1.56. The van der Waals surface area contributed by atoms with Gasteiger partial charge in [-0.15, -0.1) is 0 Å². The summed E-state index contributed by atoms with van der Waals surface area (Å²) in [4.78, 5) is 0. The van der Waals surface area contributed by atoms with E-state index in [2.05, 4.69) is 13.0 Å². The van der Waals surface area contributed by atoms with Crippen molar-refractivity contribution >= 4 is 0 Å². The lowest BCUT2D eigenvalue weighted by Crippen LogP contribution is -2.07. The van der Waals surface area contributed by atoms with Gasteiger partial charge in [0.15, 0.2) is 0 Å². The fourth-order valence-corrected chi connectivity index (χ4v) is 3.20. The van der Waals surface area contributed by atoms with Crippen LogP contribution in [0.3, 0.4) is 0 Å². The van der Waals surface area contributed by atoms with Gasteiger partial charge in [-0.25, -0.2) is 0 Å². The number of hydrogen-bond acceptors (Lipinski definition) is 0. The van der Waals surface area contributed by atoms with E-state index in [4.69, 9.17) is 0 Å². The van der Waals surface area contributed by atoms with Gasteiger partial charge in [0.25, 0.3) is 0 Å². The molecule has 0 spiro atoms. The van der Waals surface area contributed by atoms with Crippen LogP contribution >= 0.6 is 0 Å². The molecular weight excluding hydrogens is 168 g/mol. The van der Waals surface area contributed by atoms with E-state index in [1.807, 2.05) is 0 Å². The molecule has 0 aromatic rings. The second-order valence-electron chi connectivity index (χ2n) is 5.23. The van der Waals surface area contributed by atoms with Crippen molar-refractivity contribution in [1.29, 1.82) is 0 Å². The van der Waals surface area contributed by atoms with Crippen molar-refractivity contribution < 1.29 is 0 Å². The summed E-state index contributed by atoms with van der Waals surface area (Å²) >= 11 is 0. The molecule has 0 N–H and O–H groups in total. The van der Waals surface area contributed by atoms with E-state index >= 15 is 0 Å². The first kappa shape index (κ1) is 10.3. The van der Waals surface area contributed by atoms with Crippen LogP contribution < -0.4 is 0 Å². The molecule has 0 amide bonds. The molecule has 0 heteroatoms. The van der Waals surface area contributed by atoms with Crippen LogP contribution in [0.15, 0.2) is 11.6 Å². The van der Waals surface area contributed by atoms with Crippen molar-refractivity contribution in [1.82, 2.24) is 0 Å². The zero-order valence-electron chi connectivity index (χ0n) is 9.60. The summed E-state index contributed by atoms with van der Waals surface area (Å²) in [5, 5.41) is 0. The molecule has 2 aliphatic rings. The molecule has 1 fully saturated rings. The second kappa shape index (κ2) is 5.00. The summed E-state index contributed by atoms with van der Waals surface area (Å²) in [6.07, 6.45) is 15.6. The Morgan fingerprint density at radius 3 is 2.64 bits per heavy atom. The van der Waals surface area contributed by atoms with Crippen molar-refractivity contribution in [2.45, 2.75) is 64.7 Å². The maximum atomic E-state index is 2.50. The van der Waals surface area contributed by atoms with Gasteiger partial charge in [-0.3, -0.25) is 0 Å². The van der Waals surface area contributed by atoms with Gasteiger partial charge < -0.3 is 0 Å². The van der Waals surface area contributed by atoms with Gasteiger partial charge >= 0.3 is 0 Å². The van der Waals surface area contributed by atoms with Crippen LogP contribution in [0, 0.1) is 11.8 Å². The highest BCUT2D eigenvalue weighted by atomic mass is 14.4. The highest BCUT2D eigenvalue weighted by Crippen LogP contribution is 2.46. The van der Waals surface area contributed by atoms with E-state index in [0.29, 0.717) is 0 Å². The summed E-state index contributed by atoms with van der Waals surface area (Å²) in [6, 6.07) is 0. The number of fused-ring (bicyclic) bond motifs is 2. The lowest BCUT2D eigenvalue weighted by Gasteiger charge is -2.18. The Morgan fingerprint density at radius 1 is 1.14 bits per heavy atom. The maximum absolute atomic E-state index is 2.50. The average molecular weight is 192 g/mol. The highest BCUT2D eigenvalue weighted by Gasteiger charge is 2.32. The molecule has 0 nitrogen and oxygen atoms in total. The minimum absolute atomic E-state index is 1.07. The topological polar surface area (TPSA) is 0 Å². The summed E-state index contributed by atoms with van der Waals surface area (Å²) in [5.41, 5.74) is 1.79. The molecular formula is C14H24. The van der Waals surface area contributed by atoms with E-state index in [9.17, 15) is 0 Å². The molecule has 1 saturated carbocycles. The standard InChI is InChI=1S/C14H24/c1-2-3-4-5-6-7-13-10-12-8-9-14(13)11-12/h8,13-14H,2-7,9-11H2,1H3. The van der Waals surface area contributed by atoms with E-state index in [-0.39, 0.29) is 0 Å². The highest BCUT2D eigenvalue weighted by molar-refractivity contribution is 5.18. The Kier molecular flexibility index (Phi) is 3.67. The van der Waals surface area contributed by atoms with Crippen LogP contribution in [0.2, 0.25) is 0 Å². The number of allylic oxidation sites excluding steroid dienone is 2. The van der Waals surface area contributed by atoms with Gasteiger partial charge in [0.05, 0.1) is 0 Å².